The van der Waals surface area contributed by atoms with Crippen LogP contribution in [0.1, 0.15) is 19.4 Å². The Morgan fingerprint density at radius 2 is 1.89 bits per heavy atom. The van der Waals surface area contributed by atoms with Gasteiger partial charge in [0, 0.05) is 29.7 Å². The zero-order valence-corrected chi connectivity index (χ0v) is 15.8. The van der Waals surface area contributed by atoms with Crippen molar-refractivity contribution >= 4 is 17.5 Å². The van der Waals surface area contributed by atoms with E-state index < -0.39 is 0 Å². The van der Waals surface area contributed by atoms with E-state index >= 15 is 0 Å². The van der Waals surface area contributed by atoms with Gasteiger partial charge in [0.25, 0.3) is 0 Å². The summed E-state index contributed by atoms with van der Waals surface area (Å²) < 4.78 is 0. The lowest BCUT2D eigenvalue weighted by molar-refractivity contribution is 0.248. The van der Waals surface area contributed by atoms with Gasteiger partial charge >= 0.3 is 0 Å². The summed E-state index contributed by atoms with van der Waals surface area (Å²) in [5.74, 6) is 1.21. The van der Waals surface area contributed by atoms with E-state index in [9.17, 15) is 5.11 Å². The number of aliphatic hydroxyl groups is 1. The molecule has 3 N–H and O–H groups in total. The van der Waals surface area contributed by atoms with Gasteiger partial charge in [0.1, 0.15) is 5.82 Å². The molecular weight excluding hydrogens is 352 g/mol. The maximum absolute atomic E-state index is 9.63. The lowest BCUT2D eigenvalue weighted by Gasteiger charge is -2.20. The molecule has 0 amide bonds. The van der Waals surface area contributed by atoms with Crippen molar-refractivity contribution in [1.29, 1.82) is 5.26 Å². The Kier molecular flexibility index (Phi) is 6.14. The van der Waals surface area contributed by atoms with Crippen molar-refractivity contribution in [2.45, 2.75) is 19.9 Å². The second-order valence-electron chi connectivity index (χ2n) is 6.69. The molecule has 3 rings (SSSR count). The number of nitriles is 1. The van der Waals surface area contributed by atoms with E-state index in [0.717, 1.165) is 16.9 Å². The molecule has 142 valence electrons. The molecule has 2 aromatic heterocycles. The summed E-state index contributed by atoms with van der Waals surface area (Å²) in [4.78, 5) is 13.2. The predicted molar refractivity (Wildman–Crippen MR) is 109 cm³/mol. The highest BCUT2D eigenvalue weighted by Gasteiger charge is 2.15. The van der Waals surface area contributed by atoms with Crippen molar-refractivity contribution in [2.75, 3.05) is 17.2 Å². The second kappa shape index (κ2) is 8.93. The van der Waals surface area contributed by atoms with Gasteiger partial charge in [-0.15, -0.1) is 0 Å². The van der Waals surface area contributed by atoms with Crippen LogP contribution in [0.15, 0.2) is 54.9 Å². The maximum Gasteiger partial charge on any atom is 0.225 e. The fourth-order valence-electron chi connectivity index (χ4n) is 2.65. The van der Waals surface area contributed by atoms with Gasteiger partial charge in [-0.3, -0.25) is 4.98 Å². The molecule has 0 fully saturated rings. The topological polar surface area (TPSA) is 107 Å². The Balaban J connectivity index is 1.98. The molecular formula is C21H22N6O. The third-order valence-corrected chi connectivity index (χ3v) is 4.28. The van der Waals surface area contributed by atoms with E-state index in [0.29, 0.717) is 17.3 Å². The number of pyridine rings is 1. The summed E-state index contributed by atoms with van der Waals surface area (Å²) in [5.41, 5.74) is 2.94. The average Bonchev–Trinajstić information content (AvgIpc) is 2.72. The number of aromatic nitrogens is 3. The van der Waals surface area contributed by atoms with Gasteiger partial charge in [0.15, 0.2) is 0 Å². The first-order valence-corrected chi connectivity index (χ1v) is 9.03. The fraction of sp³-hybridized carbons (Fsp3) is 0.238. The standard InChI is InChI=1S/C21H22N6O/c1-14(2)19(13-28)26-21-25-18(16-6-8-23-9-7-16)11-20(27-21)24-17-5-3-4-15(10-17)12-22/h3-11,14,19,28H,13H2,1-2H3,(H2,24,25,26,27)/t19-/m1/s1. The van der Waals surface area contributed by atoms with Crippen LogP contribution in [0.2, 0.25) is 0 Å². The van der Waals surface area contributed by atoms with Crippen LogP contribution < -0.4 is 10.6 Å². The molecule has 0 aliphatic carbocycles. The molecule has 7 nitrogen and oxygen atoms in total. The van der Waals surface area contributed by atoms with Crippen molar-refractivity contribution < 1.29 is 5.11 Å². The van der Waals surface area contributed by atoms with Gasteiger partial charge in [-0.2, -0.15) is 10.2 Å². The number of aliphatic hydroxyl groups excluding tert-OH is 1. The Bertz CT molecular complexity index is 968. The number of hydrogen-bond donors (Lipinski definition) is 3. The lowest BCUT2D eigenvalue weighted by atomic mass is 10.1. The minimum absolute atomic E-state index is 0.0203. The van der Waals surface area contributed by atoms with Crippen LogP contribution in [0.25, 0.3) is 11.3 Å². The zero-order chi connectivity index (χ0) is 19.9. The first kappa shape index (κ1) is 19.3. The number of nitrogens with zero attached hydrogens (tertiary/aromatic N) is 4. The summed E-state index contributed by atoms with van der Waals surface area (Å²) in [7, 11) is 0. The molecule has 0 aliphatic rings. The predicted octanol–water partition coefficient (Wildman–Crippen LogP) is 3.58. The van der Waals surface area contributed by atoms with Gasteiger partial charge in [0.05, 0.1) is 30.0 Å². The van der Waals surface area contributed by atoms with Crippen molar-refractivity contribution in [3.8, 4) is 17.3 Å². The van der Waals surface area contributed by atoms with E-state index in [1.165, 1.54) is 0 Å². The number of nitrogens with one attached hydrogen (secondary N) is 2. The van der Waals surface area contributed by atoms with Gasteiger partial charge in [-0.25, -0.2) is 4.98 Å². The Hall–Kier alpha value is -3.50. The average molecular weight is 374 g/mol. The SMILES string of the molecule is CC(C)[C@@H](CO)Nc1nc(Nc2cccc(C#N)c2)cc(-c2ccncc2)n1. The molecule has 2 heterocycles. The summed E-state index contributed by atoms with van der Waals surface area (Å²) in [5, 5.41) is 25.2. The molecule has 0 bridgehead atoms. The van der Waals surface area contributed by atoms with Gasteiger partial charge in [0.2, 0.25) is 5.95 Å². The largest absolute Gasteiger partial charge is 0.394 e. The Labute approximate surface area is 164 Å². The molecule has 1 aromatic carbocycles. The molecule has 0 unspecified atom stereocenters. The lowest BCUT2D eigenvalue weighted by Crippen LogP contribution is -2.30. The highest BCUT2D eigenvalue weighted by molar-refractivity contribution is 5.67. The monoisotopic (exact) mass is 374 g/mol. The second-order valence-corrected chi connectivity index (χ2v) is 6.69. The number of anilines is 3. The number of rotatable bonds is 7. The number of hydrogen-bond acceptors (Lipinski definition) is 7. The first-order chi connectivity index (χ1) is 13.6. The summed E-state index contributed by atoms with van der Waals surface area (Å²) in [6.07, 6.45) is 3.41. The van der Waals surface area contributed by atoms with Crippen LogP contribution in [0.4, 0.5) is 17.5 Å². The molecule has 1 atom stereocenters. The molecule has 0 aliphatic heterocycles. The van der Waals surface area contributed by atoms with Crippen LogP contribution in [-0.4, -0.2) is 32.7 Å². The summed E-state index contributed by atoms with van der Waals surface area (Å²) >= 11 is 0. The van der Waals surface area contributed by atoms with E-state index in [1.54, 1.807) is 24.5 Å². The fourth-order valence-corrected chi connectivity index (χ4v) is 2.65. The zero-order valence-electron chi connectivity index (χ0n) is 15.8. The van der Waals surface area contributed by atoms with Crippen LogP contribution in [0.3, 0.4) is 0 Å². The molecule has 0 saturated heterocycles. The highest BCUT2D eigenvalue weighted by atomic mass is 16.3. The minimum atomic E-state index is -0.164. The van der Waals surface area contributed by atoms with Crippen molar-refractivity contribution in [1.82, 2.24) is 15.0 Å². The van der Waals surface area contributed by atoms with Gasteiger partial charge in [-0.05, 0) is 36.2 Å². The Morgan fingerprint density at radius 3 is 2.57 bits per heavy atom. The van der Waals surface area contributed by atoms with Crippen LogP contribution in [-0.2, 0) is 0 Å². The molecule has 0 radical (unpaired) electrons. The highest BCUT2D eigenvalue weighted by Crippen LogP contribution is 2.24. The van der Waals surface area contributed by atoms with E-state index in [4.69, 9.17) is 5.26 Å². The summed E-state index contributed by atoms with van der Waals surface area (Å²) in [6.45, 7) is 4.02. The molecule has 0 saturated carbocycles. The van der Waals surface area contributed by atoms with Crippen LogP contribution in [0, 0.1) is 17.2 Å². The molecule has 3 aromatic rings. The van der Waals surface area contributed by atoms with Crippen molar-refractivity contribution in [3.63, 3.8) is 0 Å². The minimum Gasteiger partial charge on any atom is -0.394 e. The van der Waals surface area contributed by atoms with E-state index in [1.807, 2.05) is 44.2 Å². The van der Waals surface area contributed by atoms with Crippen molar-refractivity contribution in [3.05, 3.63) is 60.4 Å². The normalized spacial score (nSPS) is 11.7. The van der Waals surface area contributed by atoms with Crippen LogP contribution >= 0.6 is 0 Å². The smallest absolute Gasteiger partial charge is 0.225 e. The third-order valence-electron chi connectivity index (χ3n) is 4.28. The molecule has 0 spiro atoms. The van der Waals surface area contributed by atoms with Crippen LogP contribution in [0.5, 0.6) is 0 Å². The quantitative estimate of drug-likeness (QED) is 0.580. The van der Waals surface area contributed by atoms with Gasteiger partial charge in [-0.1, -0.05) is 19.9 Å². The van der Waals surface area contributed by atoms with Crippen molar-refractivity contribution in [2.24, 2.45) is 5.92 Å². The summed E-state index contributed by atoms with van der Waals surface area (Å²) in [6, 6.07) is 14.7. The first-order valence-electron chi connectivity index (χ1n) is 9.03. The third kappa shape index (κ3) is 4.81. The molecule has 7 heteroatoms. The number of benzene rings is 1. The maximum atomic E-state index is 9.63. The Morgan fingerprint density at radius 1 is 1.11 bits per heavy atom. The van der Waals surface area contributed by atoms with Gasteiger partial charge < -0.3 is 15.7 Å². The van der Waals surface area contributed by atoms with E-state index in [2.05, 4.69) is 31.7 Å². The van der Waals surface area contributed by atoms with E-state index in [-0.39, 0.29) is 18.6 Å². The molecule has 28 heavy (non-hydrogen) atoms.